The average Bonchev–Trinajstić information content (AvgIpc) is 3.31. The Kier molecular flexibility index (Phi) is 11.4. The first kappa shape index (κ1) is 26.8. The lowest BCUT2D eigenvalue weighted by Gasteiger charge is -2.18. The second kappa shape index (κ2) is 14.0. The number of hydrogen-bond donors (Lipinski definition) is 3. The summed E-state index contributed by atoms with van der Waals surface area (Å²) in [6.07, 6.45) is 1.13. The summed E-state index contributed by atoms with van der Waals surface area (Å²) in [5, 5.41) is 9.36. The topological polar surface area (TPSA) is 84.0 Å². The highest BCUT2D eigenvalue weighted by Crippen LogP contribution is 2.17. The molecule has 2 atom stereocenters. The molecule has 2 unspecified atom stereocenters. The largest absolute Gasteiger partial charge is 0.489 e. The molecule has 1 heterocycles. The molecular weight excluding hydrogens is 538 g/mol. The second-order valence-corrected chi connectivity index (χ2v) is 7.65. The lowest BCUT2D eigenvalue weighted by molar-refractivity contribution is -0.124. The third-order valence-electron chi connectivity index (χ3n) is 4.87. The lowest BCUT2D eigenvalue weighted by Crippen LogP contribution is -2.41. The maximum absolute atomic E-state index is 13.3. The van der Waals surface area contributed by atoms with Crippen LogP contribution in [0.3, 0.4) is 0 Å². The summed E-state index contributed by atoms with van der Waals surface area (Å²) in [6, 6.07) is 13.7. The van der Waals surface area contributed by atoms with Crippen molar-refractivity contribution in [3.05, 3.63) is 59.9 Å². The van der Waals surface area contributed by atoms with Crippen molar-refractivity contribution >= 4 is 41.5 Å². The molecule has 7 nitrogen and oxygen atoms in total. The number of ether oxygens (including phenoxy) is 2. The lowest BCUT2D eigenvalue weighted by atomic mass is 10.2. The molecule has 0 radical (unpaired) electrons. The van der Waals surface area contributed by atoms with Crippen molar-refractivity contribution in [2.75, 3.05) is 25.0 Å². The van der Waals surface area contributed by atoms with E-state index in [1.54, 1.807) is 12.1 Å². The summed E-state index contributed by atoms with van der Waals surface area (Å²) in [6.45, 7) is 6.19. The van der Waals surface area contributed by atoms with Crippen LogP contribution >= 0.6 is 24.0 Å². The highest BCUT2D eigenvalue weighted by Gasteiger charge is 2.23. The number of nitrogens with one attached hydrogen (secondary N) is 3. The van der Waals surface area contributed by atoms with E-state index in [0.29, 0.717) is 38.0 Å². The van der Waals surface area contributed by atoms with Gasteiger partial charge in [-0.15, -0.1) is 24.0 Å². The Morgan fingerprint density at radius 3 is 2.79 bits per heavy atom. The van der Waals surface area contributed by atoms with Crippen molar-refractivity contribution in [3.63, 3.8) is 0 Å². The van der Waals surface area contributed by atoms with E-state index < -0.39 is 0 Å². The fraction of sp³-hybridized carbons (Fsp3) is 0.417. The number of carbonyl (C=O) groups excluding carboxylic acids is 1. The van der Waals surface area contributed by atoms with Gasteiger partial charge in [-0.05, 0) is 56.5 Å². The zero-order chi connectivity index (χ0) is 22.8. The summed E-state index contributed by atoms with van der Waals surface area (Å²) < 4.78 is 24.5. The molecule has 2 aromatic rings. The molecule has 1 amide bonds. The van der Waals surface area contributed by atoms with Gasteiger partial charge in [0.2, 0.25) is 0 Å². The normalized spacial score (nSPS) is 16.5. The van der Waals surface area contributed by atoms with Gasteiger partial charge in [0, 0.05) is 24.9 Å². The van der Waals surface area contributed by atoms with Crippen LogP contribution in [-0.4, -0.2) is 43.8 Å². The van der Waals surface area contributed by atoms with E-state index >= 15 is 0 Å². The molecule has 1 saturated heterocycles. The van der Waals surface area contributed by atoms with E-state index in [-0.39, 0.29) is 47.9 Å². The number of anilines is 1. The number of hydrogen-bond acceptors (Lipinski definition) is 4. The Bertz CT molecular complexity index is 922. The van der Waals surface area contributed by atoms with Gasteiger partial charge in [-0.1, -0.05) is 18.2 Å². The monoisotopic (exact) mass is 570 g/mol. The molecule has 180 valence electrons. The Balaban J connectivity index is 0.00000385. The fourth-order valence-corrected chi connectivity index (χ4v) is 3.32. The number of guanidine groups is 1. The second-order valence-electron chi connectivity index (χ2n) is 7.65. The number of carbonyl (C=O) groups is 1. The zero-order valence-corrected chi connectivity index (χ0v) is 21.3. The smallest absolute Gasteiger partial charge is 0.253 e. The Morgan fingerprint density at radius 1 is 1.24 bits per heavy atom. The minimum Gasteiger partial charge on any atom is -0.489 e. The van der Waals surface area contributed by atoms with E-state index in [4.69, 9.17) is 9.47 Å². The van der Waals surface area contributed by atoms with Gasteiger partial charge in [-0.25, -0.2) is 9.38 Å². The number of nitrogens with zero attached hydrogens (tertiary/aromatic N) is 1. The quantitative estimate of drug-likeness (QED) is 0.241. The van der Waals surface area contributed by atoms with Gasteiger partial charge in [-0.3, -0.25) is 4.79 Å². The number of aliphatic imine (C=N–C) groups is 1. The van der Waals surface area contributed by atoms with Crippen LogP contribution in [0.2, 0.25) is 0 Å². The van der Waals surface area contributed by atoms with Crippen LogP contribution in [0.15, 0.2) is 53.5 Å². The van der Waals surface area contributed by atoms with Gasteiger partial charge in [0.1, 0.15) is 23.8 Å². The van der Waals surface area contributed by atoms with Crippen molar-refractivity contribution in [2.24, 2.45) is 4.99 Å². The van der Waals surface area contributed by atoms with E-state index in [1.807, 2.05) is 38.1 Å². The number of halogens is 2. The van der Waals surface area contributed by atoms with Crippen LogP contribution < -0.4 is 20.7 Å². The number of amides is 1. The highest BCUT2D eigenvalue weighted by atomic mass is 127. The van der Waals surface area contributed by atoms with Gasteiger partial charge >= 0.3 is 0 Å². The molecule has 0 saturated carbocycles. The molecule has 0 bridgehead atoms. The summed E-state index contributed by atoms with van der Waals surface area (Å²) in [7, 11) is 0. The third-order valence-corrected chi connectivity index (χ3v) is 4.87. The third kappa shape index (κ3) is 9.17. The SMILES string of the molecule is CCNC(=NCc1cccc(NC(=O)C2CCCO2)c1)NCC(C)Oc1cccc(F)c1.I. The predicted octanol–water partition coefficient (Wildman–Crippen LogP) is 4.08. The van der Waals surface area contributed by atoms with Crippen LogP contribution in [0.25, 0.3) is 0 Å². The van der Waals surface area contributed by atoms with E-state index in [0.717, 1.165) is 24.1 Å². The summed E-state index contributed by atoms with van der Waals surface area (Å²) >= 11 is 0. The van der Waals surface area contributed by atoms with Crippen molar-refractivity contribution in [2.45, 2.75) is 45.4 Å². The fourth-order valence-electron chi connectivity index (χ4n) is 3.32. The van der Waals surface area contributed by atoms with Crippen LogP contribution in [-0.2, 0) is 16.1 Å². The van der Waals surface area contributed by atoms with E-state index in [9.17, 15) is 9.18 Å². The Morgan fingerprint density at radius 2 is 2.06 bits per heavy atom. The molecule has 3 N–H and O–H groups in total. The summed E-state index contributed by atoms with van der Waals surface area (Å²) in [5.74, 6) is 0.705. The minimum absolute atomic E-state index is 0. The molecule has 0 aliphatic carbocycles. The van der Waals surface area contributed by atoms with Crippen molar-refractivity contribution < 1.29 is 18.7 Å². The van der Waals surface area contributed by atoms with Gasteiger partial charge in [0.05, 0.1) is 13.1 Å². The molecular formula is C24H32FIN4O3. The van der Waals surface area contributed by atoms with Crippen LogP contribution in [0, 0.1) is 5.82 Å². The number of rotatable bonds is 9. The molecule has 9 heteroatoms. The zero-order valence-electron chi connectivity index (χ0n) is 19.0. The van der Waals surface area contributed by atoms with Crippen molar-refractivity contribution in [1.82, 2.24) is 10.6 Å². The van der Waals surface area contributed by atoms with Crippen LogP contribution in [0.5, 0.6) is 5.75 Å². The van der Waals surface area contributed by atoms with E-state index in [1.165, 1.54) is 12.1 Å². The van der Waals surface area contributed by atoms with Crippen molar-refractivity contribution in [3.8, 4) is 5.75 Å². The molecule has 33 heavy (non-hydrogen) atoms. The van der Waals surface area contributed by atoms with Crippen LogP contribution in [0.4, 0.5) is 10.1 Å². The molecule has 1 aliphatic rings. The van der Waals surface area contributed by atoms with Gasteiger partial charge < -0.3 is 25.4 Å². The van der Waals surface area contributed by atoms with Crippen molar-refractivity contribution in [1.29, 1.82) is 0 Å². The molecule has 2 aromatic carbocycles. The predicted molar refractivity (Wildman–Crippen MR) is 139 cm³/mol. The first-order chi connectivity index (χ1) is 15.5. The highest BCUT2D eigenvalue weighted by molar-refractivity contribution is 14.0. The standard InChI is InChI=1S/C24H31FN4O3.HI/c1-3-26-24(27-15-17(2)32-21-10-5-8-19(25)14-21)28-16-18-7-4-9-20(13-18)29-23(30)22-11-6-12-31-22;/h4-5,7-10,13-14,17,22H,3,6,11-12,15-16H2,1-2H3,(H,29,30)(H2,26,27,28);1H. The van der Waals surface area contributed by atoms with Gasteiger partial charge in [0.25, 0.3) is 5.91 Å². The molecule has 3 rings (SSSR count). The molecule has 0 spiro atoms. The summed E-state index contributed by atoms with van der Waals surface area (Å²) in [5.41, 5.74) is 1.70. The maximum Gasteiger partial charge on any atom is 0.253 e. The first-order valence-electron chi connectivity index (χ1n) is 11.0. The van der Waals surface area contributed by atoms with Crippen LogP contribution in [0.1, 0.15) is 32.3 Å². The van der Waals surface area contributed by atoms with Gasteiger partial charge in [0.15, 0.2) is 5.96 Å². The maximum atomic E-state index is 13.3. The van der Waals surface area contributed by atoms with Gasteiger partial charge in [-0.2, -0.15) is 0 Å². The minimum atomic E-state index is -0.363. The van der Waals surface area contributed by atoms with E-state index in [2.05, 4.69) is 20.9 Å². The molecule has 0 aromatic heterocycles. The summed E-state index contributed by atoms with van der Waals surface area (Å²) in [4.78, 5) is 16.9. The average molecular weight is 570 g/mol. The Hall–Kier alpha value is -2.40. The molecule has 1 aliphatic heterocycles. The number of benzene rings is 2. The molecule has 1 fully saturated rings. The Labute approximate surface area is 211 Å². The first-order valence-corrected chi connectivity index (χ1v) is 11.0.